The second-order valence-electron chi connectivity index (χ2n) is 17.2. The van der Waals surface area contributed by atoms with E-state index in [-0.39, 0.29) is 42.5 Å². The summed E-state index contributed by atoms with van der Waals surface area (Å²) in [6.07, 6.45) is 9.14. The fraction of sp³-hybridized carbons (Fsp3) is 0.468. The molecule has 4 aromatic rings. The average Bonchev–Trinajstić information content (AvgIpc) is 3.50. The lowest BCUT2D eigenvalue weighted by atomic mass is 9.59. The fourth-order valence-corrected chi connectivity index (χ4v) is 11.3. The van der Waals surface area contributed by atoms with E-state index in [9.17, 15) is 28.2 Å². The van der Waals surface area contributed by atoms with Gasteiger partial charge in [0.1, 0.15) is 23.1 Å². The van der Waals surface area contributed by atoms with Crippen LogP contribution in [0.4, 0.5) is 5.69 Å². The molecular formula is C47H56ClN3O8S. The van der Waals surface area contributed by atoms with Crippen molar-refractivity contribution in [2.75, 3.05) is 24.3 Å². The number of hydrogen-bond acceptors (Lipinski definition) is 8. The first kappa shape index (κ1) is 43.4. The number of aryl methyl sites for hydroxylation is 1. The third-order valence-electron chi connectivity index (χ3n) is 13.0. The van der Waals surface area contributed by atoms with Crippen LogP contribution in [0.3, 0.4) is 0 Å². The first-order valence-electron chi connectivity index (χ1n) is 21.2. The molecule has 1 saturated carbocycles. The lowest BCUT2D eigenvalue weighted by Gasteiger charge is -2.47. The highest BCUT2D eigenvalue weighted by Gasteiger charge is 2.54. The zero-order valence-electron chi connectivity index (χ0n) is 34.4. The molecule has 1 heterocycles. The molecule has 320 valence electrons. The van der Waals surface area contributed by atoms with Gasteiger partial charge in [-0.1, -0.05) is 67.9 Å². The number of hydrogen-bond donors (Lipinski definition) is 4. The Kier molecular flexibility index (Phi) is 13.4. The molecule has 0 radical (unpaired) electrons. The quantitative estimate of drug-likeness (QED) is 0.0713. The highest BCUT2D eigenvalue weighted by atomic mass is 35.5. The zero-order valence-corrected chi connectivity index (χ0v) is 35.9. The standard InChI is InChI=1S/C47H56ClN3O8S/c1-31(30-59-42-17-22-49-40-14-6-9-32(2)43(40)42)25-35-27-34-15-16-38(58-23-8-24-60(56,57)51-41(44(52)53)26-33-10-4-3-5-11-33)29-39(34)46(35)18-20-47(21-19-46,45(54)55)50-37-13-7-12-36(48)28-37/h3-5,7,10-13,15-17,22,28-29,31-32,35,41,50-51H,6,8-9,14,18-21,23-27,30H2,1-2H3,(H,52,53)(H,54,55)/t31-,32-,35+,41?,46?,47?/m1/s1. The second-order valence-corrected chi connectivity index (χ2v) is 19.5. The van der Waals surface area contributed by atoms with Gasteiger partial charge < -0.3 is 25.0 Å². The normalized spacial score (nSPS) is 23.2. The number of carboxylic acid groups (broad SMARTS) is 2. The van der Waals surface area contributed by atoms with Crippen molar-refractivity contribution in [2.45, 2.75) is 107 Å². The smallest absolute Gasteiger partial charge is 0.329 e. The van der Waals surface area contributed by atoms with E-state index < -0.39 is 33.5 Å². The van der Waals surface area contributed by atoms with Crippen LogP contribution < -0.4 is 19.5 Å². The van der Waals surface area contributed by atoms with Crippen LogP contribution in [0.1, 0.15) is 99.1 Å². The van der Waals surface area contributed by atoms with Crippen LogP contribution in [0.15, 0.2) is 85.1 Å². The van der Waals surface area contributed by atoms with E-state index in [1.165, 1.54) is 11.1 Å². The topological polar surface area (TPSA) is 164 Å². The number of aromatic nitrogens is 1. The number of halogens is 1. The molecule has 0 aliphatic heterocycles. The predicted octanol–water partition coefficient (Wildman–Crippen LogP) is 8.58. The summed E-state index contributed by atoms with van der Waals surface area (Å²) < 4.78 is 41.0. The van der Waals surface area contributed by atoms with Crippen molar-refractivity contribution in [1.82, 2.24) is 9.71 Å². The van der Waals surface area contributed by atoms with Crippen LogP contribution in [0, 0.1) is 11.8 Å². The van der Waals surface area contributed by atoms with Gasteiger partial charge in [0.05, 0.1) is 19.0 Å². The number of nitrogens with one attached hydrogen (secondary N) is 2. The largest absolute Gasteiger partial charge is 0.494 e. The van der Waals surface area contributed by atoms with Crippen LogP contribution in [0.5, 0.6) is 11.5 Å². The van der Waals surface area contributed by atoms with E-state index in [0.717, 1.165) is 54.7 Å². The van der Waals surface area contributed by atoms with Gasteiger partial charge in [-0.3, -0.25) is 9.78 Å². The summed E-state index contributed by atoms with van der Waals surface area (Å²) >= 11 is 6.29. The maximum Gasteiger partial charge on any atom is 0.329 e. The van der Waals surface area contributed by atoms with Crippen LogP contribution in [-0.2, 0) is 44.3 Å². The molecule has 0 saturated heterocycles. The Labute approximate surface area is 358 Å². The molecule has 13 heteroatoms. The van der Waals surface area contributed by atoms with Gasteiger partial charge in [-0.05, 0) is 147 Å². The minimum atomic E-state index is -3.91. The summed E-state index contributed by atoms with van der Waals surface area (Å²) in [6.45, 7) is 5.16. The Balaban J connectivity index is 1.05. The number of benzene rings is 3. The predicted molar refractivity (Wildman–Crippen MR) is 233 cm³/mol. The van der Waals surface area contributed by atoms with E-state index in [2.05, 4.69) is 41.0 Å². The summed E-state index contributed by atoms with van der Waals surface area (Å²) in [5.74, 6) is -0.00918. The summed E-state index contributed by atoms with van der Waals surface area (Å²) in [5.41, 5.74) is 4.68. The number of nitrogens with zero attached hydrogens (tertiary/aromatic N) is 1. The number of pyridine rings is 1. The molecule has 4 N–H and O–H groups in total. The maximum absolute atomic E-state index is 13.1. The molecular weight excluding hydrogens is 802 g/mol. The molecule has 3 aromatic carbocycles. The maximum atomic E-state index is 13.1. The number of rotatable bonds is 18. The summed E-state index contributed by atoms with van der Waals surface area (Å²) in [7, 11) is -3.91. The van der Waals surface area contributed by atoms with E-state index >= 15 is 0 Å². The van der Waals surface area contributed by atoms with Crippen molar-refractivity contribution in [3.8, 4) is 11.5 Å². The molecule has 0 amide bonds. The van der Waals surface area contributed by atoms with Crippen LogP contribution in [-0.4, -0.2) is 66.1 Å². The third kappa shape index (κ3) is 9.93. The number of carbonyl (C=O) groups is 2. The molecule has 1 aromatic heterocycles. The van der Waals surface area contributed by atoms with Crippen molar-refractivity contribution in [2.24, 2.45) is 11.8 Å². The molecule has 60 heavy (non-hydrogen) atoms. The van der Waals surface area contributed by atoms with Crippen molar-refractivity contribution < 1.29 is 37.7 Å². The molecule has 11 nitrogen and oxygen atoms in total. The van der Waals surface area contributed by atoms with Gasteiger partial charge in [0.25, 0.3) is 0 Å². The van der Waals surface area contributed by atoms with Crippen LogP contribution in [0.25, 0.3) is 0 Å². The van der Waals surface area contributed by atoms with Gasteiger partial charge in [-0.2, -0.15) is 0 Å². The molecule has 3 aliphatic carbocycles. The summed E-state index contributed by atoms with van der Waals surface area (Å²) in [5, 5.41) is 24.3. The Bertz CT molecular complexity index is 2260. The van der Waals surface area contributed by atoms with E-state index in [4.69, 9.17) is 21.1 Å². The summed E-state index contributed by atoms with van der Waals surface area (Å²) in [6, 6.07) is 22.9. The highest BCUT2D eigenvalue weighted by Crippen LogP contribution is 2.57. The Morgan fingerprint density at radius 3 is 2.50 bits per heavy atom. The number of anilines is 1. The van der Waals surface area contributed by atoms with Crippen molar-refractivity contribution >= 4 is 39.3 Å². The molecule has 0 bridgehead atoms. The molecule has 1 spiro atoms. The number of ether oxygens (including phenoxy) is 2. The fourth-order valence-electron chi connectivity index (χ4n) is 9.91. The minimum Gasteiger partial charge on any atom is -0.494 e. The van der Waals surface area contributed by atoms with Gasteiger partial charge in [-0.25, -0.2) is 17.9 Å². The van der Waals surface area contributed by atoms with Crippen molar-refractivity contribution in [3.05, 3.63) is 118 Å². The van der Waals surface area contributed by atoms with E-state index in [1.807, 2.05) is 36.5 Å². The first-order chi connectivity index (χ1) is 28.8. The minimum absolute atomic E-state index is 0.0334. The van der Waals surface area contributed by atoms with Crippen LogP contribution >= 0.6 is 11.6 Å². The summed E-state index contributed by atoms with van der Waals surface area (Å²) in [4.78, 5) is 29.6. The van der Waals surface area contributed by atoms with Gasteiger partial charge in [0, 0.05) is 28.2 Å². The molecule has 3 aliphatic rings. The molecule has 1 fully saturated rings. The lowest BCUT2D eigenvalue weighted by Crippen LogP contribution is -2.53. The number of sulfonamides is 1. The lowest BCUT2D eigenvalue weighted by molar-refractivity contribution is -0.144. The van der Waals surface area contributed by atoms with Gasteiger partial charge in [0.15, 0.2) is 0 Å². The van der Waals surface area contributed by atoms with Crippen molar-refractivity contribution in [3.63, 3.8) is 0 Å². The third-order valence-corrected chi connectivity index (χ3v) is 14.7. The van der Waals surface area contributed by atoms with Gasteiger partial charge >= 0.3 is 11.9 Å². The highest BCUT2D eigenvalue weighted by molar-refractivity contribution is 7.89. The number of fused-ring (bicyclic) bond motifs is 3. The van der Waals surface area contributed by atoms with E-state index in [1.54, 1.807) is 36.4 Å². The molecule has 1 unspecified atom stereocenters. The van der Waals surface area contributed by atoms with E-state index in [0.29, 0.717) is 54.7 Å². The van der Waals surface area contributed by atoms with Crippen molar-refractivity contribution in [1.29, 1.82) is 0 Å². The Morgan fingerprint density at radius 1 is 0.983 bits per heavy atom. The first-order valence-corrected chi connectivity index (χ1v) is 23.2. The van der Waals surface area contributed by atoms with Gasteiger partial charge in [-0.15, -0.1) is 0 Å². The SMILES string of the molecule is C[C@@H](COc1ccnc2c1[C@H](C)CCC2)C[C@H]1Cc2ccc(OCCCS(=O)(=O)NC(Cc3ccccc3)C(=O)O)cc2C12CCC(Nc1cccc(Cl)c1)(C(=O)O)CC2. The number of carboxylic acids is 2. The molecule has 7 rings (SSSR count). The monoisotopic (exact) mass is 857 g/mol. The zero-order chi connectivity index (χ0) is 42.5. The van der Waals surface area contributed by atoms with Crippen LogP contribution in [0.2, 0.25) is 5.02 Å². The average molecular weight is 858 g/mol. The molecule has 4 atom stereocenters. The Morgan fingerprint density at radius 2 is 1.77 bits per heavy atom. The second kappa shape index (κ2) is 18.5. The van der Waals surface area contributed by atoms with Gasteiger partial charge in [0.2, 0.25) is 10.0 Å². The Hall–Kier alpha value is -4.65. The number of aliphatic carboxylic acids is 2.